The Labute approximate surface area is 130 Å². The van der Waals surface area contributed by atoms with E-state index in [0.29, 0.717) is 5.75 Å². The van der Waals surface area contributed by atoms with Crippen molar-refractivity contribution in [2.45, 2.75) is 6.42 Å². The van der Waals surface area contributed by atoms with E-state index in [1.165, 1.54) is 31.4 Å². The van der Waals surface area contributed by atoms with Gasteiger partial charge in [-0.25, -0.2) is 0 Å². The van der Waals surface area contributed by atoms with Gasteiger partial charge in [0.2, 0.25) is 0 Å². The largest absolute Gasteiger partial charge is 0.469 e. The van der Waals surface area contributed by atoms with Gasteiger partial charge in [0.1, 0.15) is 4.32 Å². The summed E-state index contributed by atoms with van der Waals surface area (Å²) in [6.45, 7) is 0. The molecule has 0 aliphatic heterocycles. The molecule has 0 bridgehead atoms. The Bertz CT molecular complexity index is 559. The fourth-order valence-corrected chi connectivity index (χ4v) is 2.23. The molecule has 0 radical (unpaired) electrons. The number of thiocarbonyl (C=S) groups is 1. The Morgan fingerprint density at radius 1 is 1.38 bits per heavy atom. The molecule has 0 aliphatic rings. The highest BCUT2D eigenvalue weighted by Crippen LogP contribution is 2.12. The van der Waals surface area contributed by atoms with Gasteiger partial charge in [-0.2, -0.15) is 0 Å². The fraction of sp³-hybridized carbons (Fsp3) is 0.250. The number of carbonyl (C=O) groups is 2. The SMILES string of the molecule is COC(=O)CCSC(=S)NC(=O)c1ccc([N+](=O)[O-])cc1. The van der Waals surface area contributed by atoms with Crippen LogP contribution in [0.4, 0.5) is 5.69 Å². The second-order valence-electron chi connectivity index (χ2n) is 3.72. The topological polar surface area (TPSA) is 98.5 Å². The monoisotopic (exact) mass is 328 g/mol. The van der Waals surface area contributed by atoms with Crippen LogP contribution in [0.5, 0.6) is 0 Å². The van der Waals surface area contributed by atoms with Crippen molar-refractivity contribution >= 4 is 45.9 Å². The predicted octanol–water partition coefficient (Wildman–Crippen LogP) is 1.91. The molecule has 1 amide bonds. The number of nitro groups is 1. The van der Waals surface area contributed by atoms with Crippen LogP contribution in [-0.2, 0) is 9.53 Å². The number of non-ortho nitro benzene ring substituents is 1. The Kier molecular flexibility index (Phi) is 6.76. The summed E-state index contributed by atoms with van der Waals surface area (Å²) in [5.74, 6) is -0.418. The number of nitrogens with one attached hydrogen (secondary N) is 1. The molecule has 0 saturated heterocycles. The maximum absolute atomic E-state index is 11.8. The van der Waals surface area contributed by atoms with Crippen LogP contribution in [0.25, 0.3) is 0 Å². The highest BCUT2D eigenvalue weighted by atomic mass is 32.2. The van der Waals surface area contributed by atoms with E-state index in [1.54, 1.807) is 0 Å². The third-order valence-electron chi connectivity index (χ3n) is 2.32. The predicted molar refractivity (Wildman–Crippen MR) is 82.3 cm³/mol. The van der Waals surface area contributed by atoms with Crippen LogP contribution < -0.4 is 5.32 Å². The van der Waals surface area contributed by atoms with Gasteiger partial charge in [-0.15, -0.1) is 0 Å². The highest BCUT2D eigenvalue weighted by Gasteiger charge is 2.11. The number of esters is 1. The smallest absolute Gasteiger partial charge is 0.306 e. The van der Waals surface area contributed by atoms with Crippen LogP contribution in [0.2, 0.25) is 0 Å². The number of benzene rings is 1. The number of hydrogen-bond donors (Lipinski definition) is 1. The number of thioether (sulfide) groups is 1. The highest BCUT2D eigenvalue weighted by molar-refractivity contribution is 8.23. The number of carbonyl (C=O) groups excluding carboxylic acids is 2. The van der Waals surface area contributed by atoms with Crippen molar-refractivity contribution in [2.75, 3.05) is 12.9 Å². The molecule has 21 heavy (non-hydrogen) atoms. The van der Waals surface area contributed by atoms with E-state index < -0.39 is 10.8 Å². The molecule has 1 aromatic carbocycles. The van der Waals surface area contributed by atoms with Crippen molar-refractivity contribution in [2.24, 2.45) is 0 Å². The maximum Gasteiger partial charge on any atom is 0.306 e. The van der Waals surface area contributed by atoms with E-state index in [-0.39, 0.29) is 28.0 Å². The summed E-state index contributed by atoms with van der Waals surface area (Å²) in [5.41, 5.74) is 0.165. The average molecular weight is 328 g/mol. The molecule has 0 saturated carbocycles. The zero-order valence-corrected chi connectivity index (χ0v) is 12.7. The summed E-state index contributed by atoms with van der Waals surface area (Å²) in [6, 6.07) is 5.16. The van der Waals surface area contributed by atoms with Gasteiger partial charge in [0.25, 0.3) is 11.6 Å². The number of rotatable bonds is 5. The first-order valence-electron chi connectivity index (χ1n) is 5.73. The molecule has 9 heteroatoms. The number of nitro benzene ring substituents is 1. The van der Waals surface area contributed by atoms with Crippen molar-refractivity contribution in [3.05, 3.63) is 39.9 Å². The summed E-state index contributed by atoms with van der Waals surface area (Å²) in [4.78, 5) is 32.7. The van der Waals surface area contributed by atoms with E-state index in [0.717, 1.165) is 11.8 Å². The number of nitrogens with zero attached hydrogens (tertiary/aromatic N) is 1. The molecule has 1 rings (SSSR count). The first-order chi connectivity index (χ1) is 9.93. The maximum atomic E-state index is 11.8. The fourth-order valence-electron chi connectivity index (χ4n) is 1.26. The zero-order chi connectivity index (χ0) is 15.8. The van der Waals surface area contributed by atoms with Gasteiger partial charge in [-0.1, -0.05) is 24.0 Å². The minimum atomic E-state index is -0.547. The lowest BCUT2D eigenvalue weighted by Gasteiger charge is -2.06. The summed E-state index contributed by atoms with van der Waals surface area (Å²) < 4.78 is 4.70. The number of hydrogen-bond acceptors (Lipinski definition) is 7. The average Bonchev–Trinajstić information content (AvgIpc) is 2.46. The lowest BCUT2D eigenvalue weighted by molar-refractivity contribution is -0.384. The number of methoxy groups -OCH3 is 1. The zero-order valence-electron chi connectivity index (χ0n) is 11.0. The Morgan fingerprint density at radius 2 is 2.00 bits per heavy atom. The molecule has 0 aromatic heterocycles. The van der Waals surface area contributed by atoms with Gasteiger partial charge in [-0.05, 0) is 12.1 Å². The molecule has 0 heterocycles. The van der Waals surface area contributed by atoms with Crippen LogP contribution in [0.15, 0.2) is 24.3 Å². The number of ether oxygens (including phenoxy) is 1. The molecule has 7 nitrogen and oxygen atoms in total. The molecule has 0 spiro atoms. The minimum Gasteiger partial charge on any atom is -0.469 e. The van der Waals surface area contributed by atoms with Crippen molar-refractivity contribution in [1.29, 1.82) is 0 Å². The molecular weight excluding hydrogens is 316 g/mol. The van der Waals surface area contributed by atoms with E-state index in [2.05, 4.69) is 10.1 Å². The van der Waals surface area contributed by atoms with Crippen LogP contribution in [-0.4, -0.2) is 34.0 Å². The van der Waals surface area contributed by atoms with Gasteiger partial charge in [0.05, 0.1) is 18.5 Å². The lowest BCUT2D eigenvalue weighted by atomic mass is 10.2. The quantitative estimate of drug-likeness (QED) is 0.381. The summed E-state index contributed by atoms with van der Waals surface area (Å²) >= 11 is 6.10. The van der Waals surface area contributed by atoms with Gasteiger partial charge in [-0.3, -0.25) is 19.7 Å². The van der Waals surface area contributed by atoms with Crippen molar-refractivity contribution in [3.63, 3.8) is 0 Å². The second kappa shape index (κ2) is 8.32. The molecule has 112 valence electrons. The van der Waals surface area contributed by atoms with Crippen molar-refractivity contribution < 1.29 is 19.2 Å². The van der Waals surface area contributed by atoms with E-state index in [4.69, 9.17) is 12.2 Å². The summed E-state index contributed by atoms with van der Waals surface area (Å²) in [7, 11) is 1.29. The molecule has 1 N–H and O–H groups in total. The van der Waals surface area contributed by atoms with Gasteiger partial charge < -0.3 is 10.1 Å². The third-order valence-corrected chi connectivity index (χ3v) is 3.55. The molecule has 0 atom stereocenters. The number of amides is 1. The van der Waals surface area contributed by atoms with Crippen molar-refractivity contribution in [1.82, 2.24) is 5.32 Å². The molecule has 0 unspecified atom stereocenters. The Hall–Kier alpha value is -2.00. The lowest BCUT2D eigenvalue weighted by Crippen LogP contribution is -2.27. The summed E-state index contributed by atoms with van der Waals surface area (Å²) in [5, 5.41) is 13.0. The van der Waals surface area contributed by atoms with Crippen LogP contribution in [0, 0.1) is 10.1 Å². The Balaban J connectivity index is 2.47. The van der Waals surface area contributed by atoms with Gasteiger partial charge in [0.15, 0.2) is 0 Å². The molecular formula is C12H12N2O5S2. The normalized spacial score (nSPS) is 9.76. The molecule has 0 aliphatic carbocycles. The van der Waals surface area contributed by atoms with Gasteiger partial charge in [0, 0.05) is 23.4 Å². The van der Waals surface area contributed by atoms with Crippen molar-refractivity contribution in [3.8, 4) is 0 Å². The van der Waals surface area contributed by atoms with E-state index in [1.807, 2.05) is 0 Å². The first kappa shape index (κ1) is 17.1. The van der Waals surface area contributed by atoms with Crippen LogP contribution in [0.1, 0.15) is 16.8 Å². The third kappa shape index (κ3) is 5.88. The van der Waals surface area contributed by atoms with Gasteiger partial charge >= 0.3 is 5.97 Å². The first-order valence-corrected chi connectivity index (χ1v) is 7.13. The van der Waals surface area contributed by atoms with E-state index >= 15 is 0 Å². The van der Waals surface area contributed by atoms with Crippen LogP contribution >= 0.6 is 24.0 Å². The van der Waals surface area contributed by atoms with Crippen LogP contribution in [0.3, 0.4) is 0 Å². The minimum absolute atomic E-state index is 0.0958. The second-order valence-corrected chi connectivity index (χ2v) is 5.49. The standard InChI is InChI=1S/C12H12N2O5S2/c1-19-10(15)6-7-21-12(20)13-11(16)8-2-4-9(5-3-8)14(17)18/h2-5H,6-7H2,1H3,(H,13,16,20). The summed E-state index contributed by atoms with van der Waals surface area (Å²) in [6.07, 6.45) is 0.189. The molecule has 1 aromatic rings. The molecule has 0 fully saturated rings. The van der Waals surface area contributed by atoms with E-state index in [9.17, 15) is 19.7 Å². The Morgan fingerprint density at radius 3 is 2.52 bits per heavy atom.